The molecule has 0 aliphatic carbocycles. The maximum atomic E-state index is 12.5. The van der Waals surface area contributed by atoms with Gasteiger partial charge in [-0.3, -0.25) is 9.52 Å². The number of thioether (sulfide) groups is 1. The van der Waals surface area contributed by atoms with E-state index in [9.17, 15) is 13.2 Å². The van der Waals surface area contributed by atoms with E-state index in [-0.39, 0.29) is 16.6 Å². The van der Waals surface area contributed by atoms with E-state index in [2.05, 4.69) is 14.9 Å². The predicted molar refractivity (Wildman–Crippen MR) is 118 cm³/mol. The number of amides is 1. The third-order valence-corrected chi connectivity index (χ3v) is 7.10. The molecule has 162 valence electrons. The summed E-state index contributed by atoms with van der Waals surface area (Å²) < 4.78 is 33.2. The number of likely N-dealkylation sites (tertiary alicyclic amines) is 1. The minimum Gasteiger partial charge on any atom is -0.411 e. The minimum absolute atomic E-state index is 0.0764. The van der Waals surface area contributed by atoms with Gasteiger partial charge in [-0.25, -0.2) is 8.42 Å². The second kappa shape index (κ2) is 9.11. The van der Waals surface area contributed by atoms with Gasteiger partial charge in [0.1, 0.15) is 0 Å². The van der Waals surface area contributed by atoms with Crippen LogP contribution in [0.1, 0.15) is 18.4 Å². The number of aryl methyl sites for hydroxylation is 1. The summed E-state index contributed by atoms with van der Waals surface area (Å²) in [4.78, 5) is 14.2. The molecule has 0 saturated carbocycles. The molecule has 1 saturated heterocycles. The van der Waals surface area contributed by atoms with Gasteiger partial charge in [0.25, 0.3) is 15.2 Å². The van der Waals surface area contributed by atoms with Crippen LogP contribution in [-0.2, 0) is 14.8 Å². The highest BCUT2D eigenvalue weighted by Gasteiger charge is 2.19. The summed E-state index contributed by atoms with van der Waals surface area (Å²) in [5.74, 6) is 0.651. The first kappa shape index (κ1) is 21.4. The van der Waals surface area contributed by atoms with Crippen molar-refractivity contribution in [3.05, 3.63) is 54.1 Å². The van der Waals surface area contributed by atoms with Crippen LogP contribution in [0, 0.1) is 6.92 Å². The van der Waals surface area contributed by atoms with Crippen molar-refractivity contribution in [3.8, 4) is 11.5 Å². The lowest BCUT2D eigenvalue weighted by molar-refractivity contribution is -0.127. The molecule has 0 atom stereocenters. The zero-order chi connectivity index (χ0) is 21.8. The largest absolute Gasteiger partial charge is 0.411 e. The molecular weight excluding hydrogens is 436 g/mol. The Morgan fingerprint density at radius 3 is 2.42 bits per heavy atom. The number of sulfonamides is 1. The lowest BCUT2D eigenvalue weighted by Crippen LogP contribution is -2.29. The minimum atomic E-state index is -3.67. The maximum absolute atomic E-state index is 12.5. The van der Waals surface area contributed by atoms with Gasteiger partial charge in [0, 0.05) is 24.3 Å². The van der Waals surface area contributed by atoms with Crippen molar-refractivity contribution in [1.29, 1.82) is 0 Å². The fourth-order valence-electron chi connectivity index (χ4n) is 3.18. The third-order valence-electron chi connectivity index (χ3n) is 4.90. The summed E-state index contributed by atoms with van der Waals surface area (Å²) in [5, 5.41) is 8.33. The molecule has 8 nitrogen and oxygen atoms in total. The average Bonchev–Trinajstić information content (AvgIpc) is 3.45. The number of nitrogens with zero attached hydrogens (tertiary/aromatic N) is 3. The molecule has 2 heterocycles. The van der Waals surface area contributed by atoms with Gasteiger partial charge in [-0.1, -0.05) is 29.5 Å². The van der Waals surface area contributed by atoms with Crippen molar-refractivity contribution < 1.29 is 17.6 Å². The molecule has 0 unspecified atom stereocenters. The Morgan fingerprint density at radius 2 is 1.74 bits per heavy atom. The van der Waals surface area contributed by atoms with Gasteiger partial charge in [-0.05, 0) is 56.2 Å². The first-order valence-corrected chi connectivity index (χ1v) is 12.3. The molecule has 0 bridgehead atoms. The van der Waals surface area contributed by atoms with E-state index in [1.54, 1.807) is 48.5 Å². The fraction of sp³-hybridized carbons (Fsp3) is 0.286. The number of anilines is 1. The van der Waals surface area contributed by atoms with E-state index in [0.717, 1.165) is 31.5 Å². The average molecular weight is 459 g/mol. The predicted octanol–water partition coefficient (Wildman–Crippen LogP) is 3.56. The van der Waals surface area contributed by atoms with Gasteiger partial charge in [-0.15, -0.1) is 10.2 Å². The molecular formula is C21H22N4O4S2. The Hall–Kier alpha value is -2.85. The zero-order valence-electron chi connectivity index (χ0n) is 16.9. The standard InChI is InChI=1S/C21H22N4O4S2/c1-15-4-10-18(11-5-15)31(27,28)24-17-8-6-16(7-9-17)20-22-23-21(29-20)30-14-19(26)25-12-2-3-13-25/h4-11,24H,2-3,12-14H2,1H3. The third kappa shape index (κ3) is 5.26. The Balaban J connectivity index is 1.38. The smallest absolute Gasteiger partial charge is 0.277 e. The SMILES string of the molecule is Cc1ccc(S(=O)(=O)Nc2ccc(-c3nnc(SCC(=O)N4CCCC4)o3)cc2)cc1. The first-order chi connectivity index (χ1) is 14.9. The van der Waals surface area contributed by atoms with E-state index in [4.69, 9.17) is 4.42 Å². The maximum Gasteiger partial charge on any atom is 0.277 e. The van der Waals surface area contributed by atoms with Gasteiger partial charge >= 0.3 is 0 Å². The second-order valence-corrected chi connectivity index (χ2v) is 9.85. The number of hydrogen-bond acceptors (Lipinski definition) is 7. The van der Waals surface area contributed by atoms with E-state index >= 15 is 0 Å². The van der Waals surface area contributed by atoms with Crippen molar-refractivity contribution in [2.45, 2.75) is 29.9 Å². The van der Waals surface area contributed by atoms with Crippen LogP contribution in [0.4, 0.5) is 5.69 Å². The second-order valence-electron chi connectivity index (χ2n) is 7.25. The molecule has 1 amide bonds. The van der Waals surface area contributed by atoms with E-state index in [1.807, 2.05) is 11.8 Å². The molecule has 3 aromatic rings. The van der Waals surface area contributed by atoms with Crippen molar-refractivity contribution in [3.63, 3.8) is 0 Å². The van der Waals surface area contributed by atoms with Gasteiger partial charge in [0.2, 0.25) is 11.8 Å². The topological polar surface area (TPSA) is 105 Å². The van der Waals surface area contributed by atoms with Crippen LogP contribution >= 0.6 is 11.8 Å². The Bertz CT molecular complexity index is 1150. The van der Waals surface area contributed by atoms with Gasteiger partial charge in [0.05, 0.1) is 10.6 Å². The van der Waals surface area contributed by atoms with Gasteiger partial charge < -0.3 is 9.32 Å². The number of carbonyl (C=O) groups excluding carboxylic acids is 1. The van der Waals surface area contributed by atoms with Gasteiger partial charge in [-0.2, -0.15) is 0 Å². The number of aromatic nitrogens is 2. The summed E-state index contributed by atoms with van der Waals surface area (Å²) in [6, 6.07) is 13.3. The fourth-order valence-corrected chi connectivity index (χ4v) is 4.90. The Morgan fingerprint density at radius 1 is 1.06 bits per heavy atom. The summed E-state index contributed by atoms with van der Waals surface area (Å²) in [6.45, 7) is 3.53. The van der Waals surface area contributed by atoms with Crippen LogP contribution in [0.5, 0.6) is 0 Å². The van der Waals surface area contributed by atoms with E-state index in [0.29, 0.717) is 22.4 Å². The van der Waals surface area contributed by atoms with Crippen LogP contribution in [0.3, 0.4) is 0 Å². The Labute approximate surface area is 185 Å². The molecule has 1 N–H and O–H groups in total. The lowest BCUT2D eigenvalue weighted by Gasteiger charge is -2.13. The van der Waals surface area contributed by atoms with Crippen LogP contribution in [-0.4, -0.2) is 48.3 Å². The number of benzene rings is 2. The molecule has 4 rings (SSSR count). The highest BCUT2D eigenvalue weighted by atomic mass is 32.2. The summed E-state index contributed by atoms with van der Waals surface area (Å²) in [7, 11) is -3.67. The van der Waals surface area contributed by atoms with Crippen molar-refractivity contribution in [2.75, 3.05) is 23.6 Å². The molecule has 1 aliphatic heterocycles. The molecule has 1 fully saturated rings. The van der Waals surface area contributed by atoms with Crippen LogP contribution in [0.25, 0.3) is 11.5 Å². The van der Waals surface area contributed by atoms with Crippen LogP contribution in [0.15, 0.2) is 63.1 Å². The zero-order valence-corrected chi connectivity index (χ0v) is 18.6. The summed E-state index contributed by atoms with van der Waals surface area (Å²) in [5.41, 5.74) is 2.07. The lowest BCUT2D eigenvalue weighted by atomic mass is 10.2. The number of nitrogens with one attached hydrogen (secondary N) is 1. The number of carbonyl (C=O) groups is 1. The first-order valence-electron chi connectivity index (χ1n) is 9.85. The molecule has 31 heavy (non-hydrogen) atoms. The molecule has 10 heteroatoms. The molecule has 1 aromatic heterocycles. The molecule has 0 spiro atoms. The van der Waals surface area contributed by atoms with Crippen LogP contribution in [0.2, 0.25) is 0 Å². The van der Waals surface area contributed by atoms with Crippen LogP contribution < -0.4 is 4.72 Å². The normalized spacial score (nSPS) is 14.0. The highest BCUT2D eigenvalue weighted by molar-refractivity contribution is 7.99. The summed E-state index contributed by atoms with van der Waals surface area (Å²) in [6.07, 6.45) is 2.11. The number of hydrogen-bond donors (Lipinski definition) is 1. The van der Waals surface area contributed by atoms with E-state index in [1.165, 1.54) is 11.8 Å². The summed E-state index contributed by atoms with van der Waals surface area (Å²) >= 11 is 1.22. The van der Waals surface area contributed by atoms with Crippen molar-refractivity contribution in [2.24, 2.45) is 0 Å². The molecule has 0 radical (unpaired) electrons. The van der Waals surface area contributed by atoms with Gasteiger partial charge in [0.15, 0.2) is 0 Å². The van der Waals surface area contributed by atoms with E-state index < -0.39 is 10.0 Å². The monoisotopic (exact) mass is 458 g/mol. The van der Waals surface area contributed by atoms with Crippen molar-refractivity contribution in [1.82, 2.24) is 15.1 Å². The number of rotatable bonds is 7. The Kier molecular flexibility index (Phi) is 6.28. The highest BCUT2D eigenvalue weighted by Crippen LogP contribution is 2.26. The molecule has 2 aromatic carbocycles. The molecule has 1 aliphatic rings. The van der Waals surface area contributed by atoms with Crippen molar-refractivity contribution >= 4 is 33.4 Å². The quantitative estimate of drug-likeness (QED) is 0.540.